The van der Waals surface area contributed by atoms with Crippen LogP contribution >= 0.6 is 0 Å². The van der Waals surface area contributed by atoms with Gasteiger partial charge in [0.2, 0.25) is 22.7 Å². The number of amides is 2. The monoisotopic (exact) mass is 839 g/mol. The van der Waals surface area contributed by atoms with Crippen molar-refractivity contribution in [2.24, 2.45) is 5.92 Å². The quantitative estimate of drug-likeness (QED) is 0.136. The van der Waals surface area contributed by atoms with E-state index in [9.17, 15) is 18.0 Å². The summed E-state index contributed by atoms with van der Waals surface area (Å²) in [5, 5.41) is 0. The van der Waals surface area contributed by atoms with Gasteiger partial charge in [0.1, 0.15) is 6.04 Å². The third-order valence-electron chi connectivity index (χ3n) is 15.3. The van der Waals surface area contributed by atoms with Gasteiger partial charge in [0.15, 0.2) is 0 Å². The highest BCUT2D eigenvalue weighted by molar-refractivity contribution is 7.69. The van der Waals surface area contributed by atoms with E-state index in [4.69, 9.17) is 0 Å². The molecular weight excluding hydrogens is 779 g/mol. The molecule has 0 spiro atoms. The summed E-state index contributed by atoms with van der Waals surface area (Å²) in [6.45, 7) is 6.05. The van der Waals surface area contributed by atoms with E-state index in [-0.39, 0.29) is 24.3 Å². The van der Waals surface area contributed by atoms with Crippen molar-refractivity contribution < 1.29 is 18.0 Å². The molecule has 0 bridgehead atoms. The van der Waals surface area contributed by atoms with Gasteiger partial charge in [-0.1, -0.05) is 72.8 Å². The summed E-state index contributed by atoms with van der Waals surface area (Å²) in [5.74, 6) is 0.552. The van der Waals surface area contributed by atoms with E-state index in [1.807, 2.05) is 9.80 Å². The summed E-state index contributed by atoms with van der Waals surface area (Å²) in [4.78, 5) is 37.2. The largest absolute Gasteiger partial charge is 0.312 e. The van der Waals surface area contributed by atoms with E-state index in [0.29, 0.717) is 56.3 Å². The van der Waals surface area contributed by atoms with Crippen molar-refractivity contribution in [2.75, 3.05) is 55.6 Å². The fourth-order valence-corrected chi connectivity index (χ4v) is 12.6. The minimum Gasteiger partial charge on any atom is -0.312 e. The van der Waals surface area contributed by atoms with Gasteiger partial charge in [-0.15, -0.1) is 0 Å². The first-order valence-electron chi connectivity index (χ1n) is 23.2. The molecule has 9 nitrogen and oxygen atoms in total. The highest BCUT2D eigenvalue weighted by Crippen LogP contribution is 2.43. The van der Waals surface area contributed by atoms with Crippen molar-refractivity contribution >= 4 is 34.1 Å². The van der Waals surface area contributed by atoms with Crippen LogP contribution in [0.5, 0.6) is 0 Å². The first-order chi connectivity index (χ1) is 29.9. The third-order valence-corrected chi connectivity index (χ3v) is 16.2. The third kappa shape index (κ3) is 8.21. The summed E-state index contributed by atoms with van der Waals surface area (Å²) in [6.07, 6.45) is 11.3. The summed E-state index contributed by atoms with van der Waals surface area (Å²) < 4.78 is 27.0. The van der Waals surface area contributed by atoms with Gasteiger partial charge in [0.25, 0.3) is 0 Å². The Morgan fingerprint density at radius 1 is 0.574 bits per heavy atom. The Balaban J connectivity index is 0.793. The van der Waals surface area contributed by atoms with Crippen molar-refractivity contribution in [3.8, 4) is 0 Å². The summed E-state index contributed by atoms with van der Waals surface area (Å²) in [7, 11) is -2.97. The van der Waals surface area contributed by atoms with Crippen LogP contribution in [0.15, 0.2) is 97.1 Å². The van der Waals surface area contributed by atoms with Gasteiger partial charge in [-0.05, 0) is 161 Å². The van der Waals surface area contributed by atoms with E-state index in [1.54, 1.807) is 0 Å². The molecule has 6 atom stereocenters. The number of rotatable bonds is 14. The zero-order valence-corrected chi connectivity index (χ0v) is 36.3. The molecule has 2 unspecified atom stereocenters. The Morgan fingerprint density at radius 2 is 1.08 bits per heavy atom. The van der Waals surface area contributed by atoms with E-state index >= 15 is 0 Å². The van der Waals surface area contributed by atoms with Gasteiger partial charge in [-0.2, -0.15) is 4.31 Å². The van der Waals surface area contributed by atoms with Gasteiger partial charge in [-0.25, -0.2) is 8.42 Å². The molecule has 10 heteroatoms. The molecule has 4 aliphatic heterocycles. The van der Waals surface area contributed by atoms with Crippen LogP contribution < -0.4 is 9.80 Å². The smallest absolute Gasteiger partial charge is 0.245 e. The highest BCUT2D eigenvalue weighted by atomic mass is 32.2. The molecule has 4 saturated heterocycles. The predicted octanol–water partition coefficient (Wildman–Crippen LogP) is 7.15. The Bertz CT molecular complexity index is 2290. The molecule has 61 heavy (non-hydrogen) atoms. The molecule has 4 aromatic carbocycles. The van der Waals surface area contributed by atoms with Crippen LogP contribution in [0, 0.1) is 5.92 Å². The molecule has 2 amide bonds. The van der Waals surface area contributed by atoms with Crippen molar-refractivity contribution in [2.45, 2.75) is 107 Å². The standard InChI is InChI=1S/C51H61N5O4S/c57-50-40(23-30-54(50)41-19-15-38-17-21-47(52-25-8-26-52)45(43(38)34-41)32-36-10-3-1-4-11-36)14-7-29-56(61(59)60)49-24-31-55(51(49)58)42-20-16-39-18-22-48(53-27-9-28-53)46(44(39)35-42)33-37-12-5-2-6-13-37/h1-6,10-13,15-16,19-20,34-35,40,45-49,61H,7-9,14,17-18,21-33H2/t40?,45-,46-,47-,48-,49?/m0/s1. The predicted molar refractivity (Wildman–Crippen MR) is 243 cm³/mol. The lowest BCUT2D eigenvalue weighted by Crippen LogP contribution is -2.50. The molecule has 0 aromatic heterocycles. The topological polar surface area (TPSA) is 84.5 Å². The number of carbonyl (C=O) groups excluding carboxylic acids is 2. The summed E-state index contributed by atoms with van der Waals surface area (Å²) in [5.41, 5.74) is 10.0. The lowest BCUT2D eigenvalue weighted by atomic mass is 9.74. The molecule has 6 aliphatic rings. The van der Waals surface area contributed by atoms with Gasteiger partial charge in [0, 0.05) is 60.8 Å². The van der Waals surface area contributed by atoms with Crippen LogP contribution in [0.25, 0.3) is 0 Å². The van der Waals surface area contributed by atoms with Crippen molar-refractivity contribution in [3.63, 3.8) is 0 Å². The fourth-order valence-electron chi connectivity index (χ4n) is 11.8. The van der Waals surface area contributed by atoms with Gasteiger partial charge < -0.3 is 9.80 Å². The molecule has 4 aromatic rings. The van der Waals surface area contributed by atoms with Crippen molar-refractivity contribution in [3.05, 3.63) is 130 Å². The summed E-state index contributed by atoms with van der Waals surface area (Å²) in [6, 6.07) is 35.1. The Labute approximate surface area is 363 Å². The molecule has 0 radical (unpaired) electrons. The van der Waals surface area contributed by atoms with Crippen LogP contribution in [0.2, 0.25) is 0 Å². The lowest BCUT2D eigenvalue weighted by molar-refractivity contribution is -0.121. The minimum atomic E-state index is -2.97. The van der Waals surface area contributed by atoms with E-state index in [2.05, 4.69) is 107 Å². The number of aryl methyl sites for hydroxylation is 2. The maximum absolute atomic E-state index is 14.1. The fraction of sp³-hybridized carbons (Fsp3) is 0.490. The lowest BCUT2D eigenvalue weighted by Gasteiger charge is -2.45. The Morgan fingerprint density at radius 3 is 1.57 bits per heavy atom. The van der Waals surface area contributed by atoms with Crippen molar-refractivity contribution in [1.29, 1.82) is 0 Å². The molecule has 320 valence electrons. The number of likely N-dealkylation sites (tertiary alicyclic amines) is 2. The van der Waals surface area contributed by atoms with Crippen molar-refractivity contribution in [1.82, 2.24) is 14.1 Å². The molecule has 10 rings (SSSR count). The number of hydrogen-bond acceptors (Lipinski definition) is 6. The van der Waals surface area contributed by atoms with Crippen LogP contribution in [0.3, 0.4) is 0 Å². The number of benzene rings is 4. The number of fused-ring (bicyclic) bond motifs is 2. The van der Waals surface area contributed by atoms with Crippen LogP contribution in [0.1, 0.15) is 96.6 Å². The Hall–Kier alpha value is -4.35. The first kappa shape index (κ1) is 40.7. The number of thiol groups is 1. The number of hydrogen-bond donors (Lipinski definition) is 1. The molecule has 4 heterocycles. The maximum atomic E-state index is 14.1. The molecule has 4 fully saturated rings. The number of anilines is 2. The second-order valence-corrected chi connectivity index (χ2v) is 19.7. The molecule has 0 saturated carbocycles. The average Bonchev–Trinajstić information content (AvgIpc) is 3.81. The maximum Gasteiger partial charge on any atom is 0.245 e. The zero-order valence-electron chi connectivity index (χ0n) is 35.5. The Kier molecular flexibility index (Phi) is 11.9. The second-order valence-electron chi connectivity index (χ2n) is 18.7. The molecular formula is C51H61N5O4S. The first-order valence-corrected chi connectivity index (χ1v) is 24.4. The van der Waals surface area contributed by atoms with Crippen LogP contribution in [0.4, 0.5) is 11.4 Å². The summed E-state index contributed by atoms with van der Waals surface area (Å²) >= 11 is 0. The van der Waals surface area contributed by atoms with Gasteiger partial charge >= 0.3 is 0 Å². The normalized spacial score (nSPS) is 26.7. The molecule has 2 aliphatic carbocycles. The minimum absolute atomic E-state index is 0.130. The average molecular weight is 840 g/mol. The van der Waals surface area contributed by atoms with Crippen LogP contribution in [-0.4, -0.2) is 98.3 Å². The van der Waals surface area contributed by atoms with Gasteiger partial charge in [0.05, 0.1) is 0 Å². The van der Waals surface area contributed by atoms with Gasteiger partial charge in [-0.3, -0.25) is 19.4 Å². The molecule has 0 N–H and O–H groups in total. The van der Waals surface area contributed by atoms with E-state index in [0.717, 1.165) is 63.0 Å². The van der Waals surface area contributed by atoms with Crippen LogP contribution in [-0.2, 0) is 46.2 Å². The number of carbonyl (C=O) groups is 2. The SMILES string of the molecule is O=C1C(CCCN(C2CCN(c3ccc4c(c3)[C@H](Cc3ccccc3)[C@@H](N3CCC3)CC4)C2=O)[SH](=O)=O)CCN1c1ccc2c(c1)[C@H](Cc1ccccc1)[C@@H](N1CCC1)CC2. The van der Waals surface area contributed by atoms with E-state index < -0.39 is 16.9 Å². The number of nitrogens with zero attached hydrogens (tertiary/aromatic N) is 5. The van der Waals surface area contributed by atoms with E-state index in [1.165, 1.54) is 70.0 Å². The zero-order chi connectivity index (χ0) is 41.5. The highest BCUT2D eigenvalue weighted by Gasteiger charge is 2.42. The second kappa shape index (κ2) is 17.8.